The van der Waals surface area contributed by atoms with Crippen LogP contribution in [0.1, 0.15) is 156 Å². The Balaban J connectivity index is 0.000000554. The maximum absolute atomic E-state index is 13.2. The lowest BCUT2D eigenvalue weighted by molar-refractivity contribution is -0.711. The summed E-state index contributed by atoms with van der Waals surface area (Å²) in [5.41, 5.74) is 0.310. The zero-order chi connectivity index (χ0) is 30.7. The Morgan fingerprint density at radius 1 is 0.500 bits per heavy atom. The quantitative estimate of drug-likeness (QED) is 0.0857. The van der Waals surface area contributed by atoms with Crippen molar-refractivity contribution in [2.45, 2.75) is 181 Å². The molecule has 0 aromatic heterocycles. The van der Waals surface area contributed by atoms with E-state index in [1.807, 2.05) is 0 Å². The Kier molecular flexibility index (Phi) is 23.9. The molecule has 2 rings (SSSR count). The number of hydrogen-bond donors (Lipinski definition) is 1. The van der Waals surface area contributed by atoms with E-state index in [1.54, 1.807) is 49.8 Å². The van der Waals surface area contributed by atoms with Gasteiger partial charge in [-0.05, 0) is 24.3 Å². The summed E-state index contributed by atoms with van der Waals surface area (Å²) in [4.78, 5) is 0.706. The SMILES string of the molecule is CCCCCCC[B-](CCCCCCC)(CCCCCCC)CCCCCCC.Fc1ccc(F)c([NH+]2C=CC=C2)c1. The van der Waals surface area contributed by atoms with Gasteiger partial charge in [0, 0.05) is 12.2 Å². The van der Waals surface area contributed by atoms with Crippen LogP contribution >= 0.6 is 0 Å². The molecule has 0 amide bonds. The minimum Gasteiger partial charge on any atom is -0.248 e. The summed E-state index contributed by atoms with van der Waals surface area (Å²) >= 11 is 0. The van der Waals surface area contributed by atoms with Crippen LogP contribution in [0.2, 0.25) is 25.3 Å². The maximum atomic E-state index is 13.2. The van der Waals surface area contributed by atoms with Crippen molar-refractivity contribution in [3.8, 4) is 0 Å². The predicted octanol–water partition coefficient (Wildman–Crippen LogP) is 12.8. The lowest BCUT2D eigenvalue weighted by Gasteiger charge is -2.41. The fourth-order valence-corrected chi connectivity index (χ4v) is 6.86. The predicted molar refractivity (Wildman–Crippen MR) is 185 cm³/mol. The highest BCUT2D eigenvalue weighted by atomic mass is 19.1. The molecule has 1 aliphatic rings. The average Bonchev–Trinajstić information content (AvgIpc) is 3.53. The second-order valence-electron chi connectivity index (χ2n) is 13.3. The van der Waals surface area contributed by atoms with E-state index in [0.29, 0.717) is 10.6 Å². The summed E-state index contributed by atoms with van der Waals surface area (Å²) in [5.74, 6) is -0.815. The first-order chi connectivity index (χ1) is 20.5. The van der Waals surface area contributed by atoms with Crippen LogP contribution in [0, 0.1) is 11.6 Å². The van der Waals surface area contributed by atoms with Gasteiger partial charge in [-0.2, -0.15) is 25.3 Å². The highest BCUT2D eigenvalue weighted by Gasteiger charge is 2.23. The zero-order valence-corrected chi connectivity index (χ0v) is 28.3. The van der Waals surface area contributed by atoms with Crippen LogP contribution in [-0.4, -0.2) is 6.15 Å². The maximum Gasteiger partial charge on any atom is 0.184 e. The molecule has 1 N–H and O–H groups in total. The number of unbranched alkanes of at least 4 members (excludes halogenated alkanes) is 16. The third kappa shape index (κ3) is 18.3. The minimum absolute atomic E-state index is 0.0861. The molecule has 0 radical (unpaired) electrons. The van der Waals surface area contributed by atoms with Gasteiger partial charge >= 0.3 is 0 Å². The van der Waals surface area contributed by atoms with Crippen molar-refractivity contribution in [1.29, 1.82) is 0 Å². The van der Waals surface area contributed by atoms with Gasteiger partial charge in [-0.15, -0.1) is 0 Å². The summed E-state index contributed by atoms with van der Waals surface area (Å²) in [6.45, 7) is 9.38. The van der Waals surface area contributed by atoms with E-state index in [4.69, 9.17) is 0 Å². The van der Waals surface area contributed by atoms with Crippen LogP contribution in [0.4, 0.5) is 14.5 Å². The van der Waals surface area contributed by atoms with Gasteiger partial charge in [-0.1, -0.05) is 156 Å². The van der Waals surface area contributed by atoms with Gasteiger partial charge in [0.05, 0.1) is 0 Å². The zero-order valence-electron chi connectivity index (χ0n) is 28.3. The Morgan fingerprint density at radius 3 is 1.21 bits per heavy atom. The Labute approximate surface area is 260 Å². The van der Waals surface area contributed by atoms with Crippen LogP contribution in [0.3, 0.4) is 0 Å². The van der Waals surface area contributed by atoms with Crippen molar-refractivity contribution in [1.82, 2.24) is 0 Å². The van der Waals surface area contributed by atoms with E-state index in [2.05, 4.69) is 27.7 Å². The fraction of sp³-hybridized carbons (Fsp3) is 0.737. The molecular formula is C38H68BF2N. The molecule has 242 valence electrons. The summed E-state index contributed by atoms with van der Waals surface area (Å²) < 4.78 is 25.9. The molecule has 42 heavy (non-hydrogen) atoms. The number of benzene rings is 1. The molecule has 4 heteroatoms. The van der Waals surface area contributed by atoms with E-state index >= 15 is 0 Å². The summed E-state index contributed by atoms with van der Waals surface area (Å²) in [6, 6.07) is 3.45. The van der Waals surface area contributed by atoms with Gasteiger partial charge in [-0.3, -0.25) is 0 Å². The van der Waals surface area contributed by atoms with Crippen LogP contribution in [-0.2, 0) is 0 Å². The second kappa shape index (κ2) is 26.0. The van der Waals surface area contributed by atoms with Gasteiger partial charge in [0.1, 0.15) is 18.2 Å². The topological polar surface area (TPSA) is 4.44 Å². The summed E-state index contributed by atoms with van der Waals surface area (Å²) in [5, 5.41) is 0. The Hall–Kier alpha value is -1.42. The van der Waals surface area contributed by atoms with Crippen molar-refractivity contribution < 1.29 is 13.7 Å². The van der Waals surface area contributed by atoms with Crippen LogP contribution < -0.4 is 4.90 Å². The lowest BCUT2D eigenvalue weighted by atomic mass is 9.17. The molecule has 1 aliphatic heterocycles. The van der Waals surface area contributed by atoms with Gasteiger partial charge in [0.25, 0.3) is 0 Å². The number of hydrogen-bond acceptors (Lipinski definition) is 0. The molecule has 1 heterocycles. The van der Waals surface area contributed by atoms with Crippen LogP contribution in [0.15, 0.2) is 42.8 Å². The first-order valence-corrected chi connectivity index (χ1v) is 18.4. The van der Waals surface area contributed by atoms with E-state index in [9.17, 15) is 8.78 Å². The molecule has 1 aromatic rings. The average molecular weight is 588 g/mol. The molecule has 0 saturated carbocycles. The molecular weight excluding hydrogens is 519 g/mol. The lowest BCUT2D eigenvalue weighted by Crippen LogP contribution is -2.96. The largest absolute Gasteiger partial charge is 0.248 e. The Morgan fingerprint density at radius 2 is 0.857 bits per heavy atom. The Bertz CT molecular complexity index is 748. The van der Waals surface area contributed by atoms with Crippen molar-refractivity contribution in [3.63, 3.8) is 0 Å². The van der Waals surface area contributed by atoms with Gasteiger partial charge < -0.3 is 0 Å². The van der Waals surface area contributed by atoms with E-state index in [1.165, 1.54) is 134 Å². The molecule has 0 saturated heterocycles. The fourth-order valence-electron chi connectivity index (χ4n) is 6.86. The molecule has 1 nitrogen and oxygen atoms in total. The number of nitrogens with one attached hydrogen (secondary N) is 1. The molecule has 0 fully saturated rings. The highest BCUT2D eigenvalue weighted by Crippen LogP contribution is 2.35. The molecule has 0 bridgehead atoms. The number of allylic oxidation sites excluding steroid dienone is 2. The van der Waals surface area contributed by atoms with Crippen LogP contribution in [0.25, 0.3) is 0 Å². The summed E-state index contributed by atoms with van der Waals surface area (Å²) in [6.07, 6.45) is 42.7. The van der Waals surface area contributed by atoms with E-state index < -0.39 is 11.6 Å². The van der Waals surface area contributed by atoms with Crippen molar-refractivity contribution >= 4 is 11.8 Å². The minimum atomic E-state index is -0.419. The van der Waals surface area contributed by atoms with Crippen molar-refractivity contribution in [3.05, 3.63) is 54.4 Å². The third-order valence-corrected chi connectivity index (χ3v) is 9.58. The van der Waals surface area contributed by atoms with Gasteiger partial charge in [0.2, 0.25) is 0 Å². The number of rotatable bonds is 25. The normalized spacial score (nSPS) is 13.1. The first-order valence-electron chi connectivity index (χ1n) is 18.4. The third-order valence-electron chi connectivity index (χ3n) is 9.58. The monoisotopic (exact) mass is 588 g/mol. The molecule has 1 aromatic carbocycles. The van der Waals surface area contributed by atoms with Crippen molar-refractivity contribution in [2.24, 2.45) is 0 Å². The molecule has 0 spiro atoms. The molecule has 0 aliphatic carbocycles. The van der Waals surface area contributed by atoms with Crippen LogP contribution in [0.5, 0.6) is 0 Å². The van der Waals surface area contributed by atoms with E-state index in [0.717, 1.165) is 12.1 Å². The standard InChI is InChI=1S/C28H60B.C10H7F2N/c1-5-9-13-17-21-25-29(26-22-18-14-10-6-2,27-23-19-15-11-7-3)28-24-20-16-12-8-4;11-8-3-4-9(12)10(7-8)13-5-1-2-6-13/h5-28H2,1-4H3;1-7H/q-1;/p+1. The second-order valence-corrected chi connectivity index (χ2v) is 13.3. The van der Waals surface area contributed by atoms with Gasteiger partial charge in [0.15, 0.2) is 11.5 Å². The number of halogens is 2. The first kappa shape index (κ1) is 38.6. The summed E-state index contributed by atoms with van der Waals surface area (Å²) in [7, 11) is 0. The molecule has 0 atom stereocenters. The van der Waals surface area contributed by atoms with E-state index in [-0.39, 0.29) is 6.15 Å². The smallest absolute Gasteiger partial charge is 0.184 e. The molecule has 0 unspecified atom stereocenters. The number of quaternary nitrogens is 1. The van der Waals surface area contributed by atoms with Gasteiger partial charge in [-0.25, -0.2) is 13.7 Å². The van der Waals surface area contributed by atoms with Crippen molar-refractivity contribution in [2.75, 3.05) is 0 Å². The highest BCUT2D eigenvalue weighted by molar-refractivity contribution is 6.79.